The van der Waals surface area contributed by atoms with Crippen molar-refractivity contribution >= 4 is 35.0 Å². The third-order valence-electron chi connectivity index (χ3n) is 5.12. The molecular formula is C26H32N4O4S. The van der Waals surface area contributed by atoms with Gasteiger partial charge in [0.1, 0.15) is 12.3 Å². The van der Waals surface area contributed by atoms with Gasteiger partial charge in [-0.2, -0.15) is 0 Å². The molecule has 2 aromatic heterocycles. The van der Waals surface area contributed by atoms with Crippen LogP contribution in [0.25, 0.3) is 5.65 Å². The minimum Gasteiger partial charge on any atom is -0.461 e. The van der Waals surface area contributed by atoms with Gasteiger partial charge in [0.2, 0.25) is 0 Å². The second-order valence-electron chi connectivity index (χ2n) is 9.85. The van der Waals surface area contributed by atoms with Gasteiger partial charge in [0.25, 0.3) is 0 Å². The Hall–Kier alpha value is -3.46. The lowest BCUT2D eigenvalue weighted by atomic mass is 9.76. The maximum atomic E-state index is 13.6. The Balaban J connectivity index is 1.90. The molecule has 0 spiro atoms. The smallest absolute Gasteiger partial charge is 0.413 e. The Kier molecular flexibility index (Phi) is 8.11. The van der Waals surface area contributed by atoms with E-state index in [-0.39, 0.29) is 23.2 Å². The number of alkyl carbamates (subject to hydrolysis) is 1. The Morgan fingerprint density at radius 1 is 1.11 bits per heavy atom. The molecule has 3 rings (SSSR count). The van der Waals surface area contributed by atoms with Crippen LogP contribution in [0, 0.1) is 5.41 Å². The van der Waals surface area contributed by atoms with Gasteiger partial charge < -0.3 is 19.2 Å². The number of carbonyl (C=O) groups excluding carboxylic acids is 2. The molecular weight excluding hydrogens is 464 g/mol. The highest BCUT2D eigenvalue weighted by molar-refractivity contribution is 7.80. The minimum atomic E-state index is -1.37. The highest BCUT2D eigenvalue weighted by atomic mass is 32.1. The molecule has 0 saturated heterocycles. The van der Waals surface area contributed by atoms with Crippen LogP contribution in [0.5, 0.6) is 0 Å². The number of benzene rings is 1. The van der Waals surface area contributed by atoms with Crippen LogP contribution in [0.15, 0.2) is 61.1 Å². The number of ether oxygens (including phenoxy) is 2. The molecule has 1 aromatic carbocycles. The van der Waals surface area contributed by atoms with Gasteiger partial charge in [-0.15, -0.1) is 0 Å². The van der Waals surface area contributed by atoms with Crippen molar-refractivity contribution in [3.8, 4) is 0 Å². The van der Waals surface area contributed by atoms with Crippen molar-refractivity contribution in [3.05, 3.63) is 72.2 Å². The lowest BCUT2D eigenvalue weighted by molar-refractivity contribution is -0.157. The Morgan fingerprint density at radius 2 is 1.83 bits per heavy atom. The van der Waals surface area contributed by atoms with Gasteiger partial charge in [-0.05, 0) is 49.5 Å². The maximum absolute atomic E-state index is 13.6. The van der Waals surface area contributed by atoms with E-state index in [4.69, 9.17) is 21.7 Å². The molecule has 3 aromatic rings. The van der Waals surface area contributed by atoms with Crippen molar-refractivity contribution in [1.29, 1.82) is 0 Å². The molecule has 9 heteroatoms. The number of rotatable bonds is 7. The van der Waals surface area contributed by atoms with E-state index in [9.17, 15) is 9.59 Å². The topological polar surface area (TPSA) is 94.0 Å². The predicted octanol–water partition coefficient (Wildman–Crippen LogP) is 4.72. The van der Waals surface area contributed by atoms with Crippen LogP contribution in [-0.2, 0) is 26.4 Å². The van der Waals surface area contributed by atoms with E-state index < -0.39 is 17.6 Å². The van der Waals surface area contributed by atoms with Crippen molar-refractivity contribution in [2.45, 2.75) is 59.3 Å². The average Bonchev–Trinajstić information content (AvgIpc) is 3.24. The molecule has 1 amide bonds. The van der Waals surface area contributed by atoms with E-state index in [2.05, 4.69) is 15.6 Å². The second-order valence-corrected chi connectivity index (χ2v) is 10.3. The molecule has 8 nitrogen and oxygen atoms in total. The number of hydrogen-bond acceptors (Lipinski definition) is 6. The molecule has 1 unspecified atom stereocenters. The SMILES string of the molecule is CC(C)OC(=O)C(CC(C)(C)C)(NC(=S)NC(=O)OCc1ccccc1)c1ccc2nccn2c1. The minimum absolute atomic E-state index is 0.0428. The van der Waals surface area contributed by atoms with E-state index in [0.29, 0.717) is 12.0 Å². The molecule has 2 heterocycles. The standard InChI is InChI=1S/C26H32N4O4S/c1-18(2)34-22(31)26(17-25(3,4)5,20-11-12-21-27-13-14-30(21)15-20)29-23(35)28-24(32)33-16-19-9-7-6-8-10-19/h6-15,18H,16-17H2,1-5H3,(H2,28,29,32,35). The van der Waals surface area contributed by atoms with Crippen LogP contribution in [0.3, 0.4) is 0 Å². The van der Waals surface area contributed by atoms with Gasteiger partial charge in [0, 0.05) is 24.2 Å². The number of thiocarbonyl (C=S) groups is 1. The Labute approximate surface area is 211 Å². The van der Waals surface area contributed by atoms with Gasteiger partial charge in [-0.3, -0.25) is 5.32 Å². The number of pyridine rings is 1. The number of aromatic nitrogens is 2. The highest BCUT2D eigenvalue weighted by Crippen LogP contribution is 2.36. The molecule has 35 heavy (non-hydrogen) atoms. The molecule has 2 N–H and O–H groups in total. The summed E-state index contributed by atoms with van der Waals surface area (Å²) < 4.78 is 12.8. The lowest BCUT2D eigenvalue weighted by Crippen LogP contribution is -2.58. The number of carbonyl (C=O) groups is 2. The fourth-order valence-electron chi connectivity index (χ4n) is 3.82. The predicted molar refractivity (Wildman–Crippen MR) is 138 cm³/mol. The number of amides is 1. The molecule has 0 bridgehead atoms. The molecule has 0 fully saturated rings. The van der Waals surface area contributed by atoms with Crippen LogP contribution in [0.1, 0.15) is 52.2 Å². The van der Waals surface area contributed by atoms with Crippen molar-refractivity contribution in [2.24, 2.45) is 5.41 Å². The fraction of sp³-hybridized carbons (Fsp3) is 0.385. The number of nitrogens with zero attached hydrogens (tertiary/aromatic N) is 2. The summed E-state index contributed by atoms with van der Waals surface area (Å²) >= 11 is 5.46. The van der Waals surface area contributed by atoms with Crippen LogP contribution in [0.4, 0.5) is 4.79 Å². The molecule has 0 aliphatic rings. The maximum Gasteiger partial charge on any atom is 0.413 e. The van der Waals surface area contributed by atoms with Crippen LogP contribution in [-0.4, -0.2) is 32.7 Å². The summed E-state index contributed by atoms with van der Waals surface area (Å²) in [4.78, 5) is 30.4. The first kappa shape index (κ1) is 26.2. The molecule has 0 aliphatic carbocycles. The molecule has 186 valence electrons. The van der Waals surface area contributed by atoms with E-state index in [1.165, 1.54) is 0 Å². The van der Waals surface area contributed by atoms with E-state index in [0.717, 1.165) is 11.2 Å². The van der Waals surface area contributed by atoms with E-state index >= 15 is 0 Å². The normalized spacial score (nSPS) is 13.2. The molecule has 0 radical (unpaired) electrons. The monoisotopic (exact) mass is 496 g/mol. The number of fused-ring (bicyclic) bond motifs is 1. The van der Waals surface area contributed by atoms with Crippen molar-refractivity contribution in [3.63, 3.8) is 0 Å². The van der Waals surface area contributed by atoms with Crippen LogP contribution < -0.4 is 10.6 Å². The first-order valence-electron chi connectivity index (χ1n) is 11.4. The molecule has 0 saturated carbocycles. The van der Waals surface area contributed by atoms with Crippen molar-refractivity contribution in [2.75, 3.05) is 0 Å². The largest absolute Gasteiger partial charge is 0.461 e. The summed E-state index contributed by atoms with van der Waals surface area (Å²) in [6, 6.07) is 13.0. The highest BCUT2D eigenvalue weighted by Gasteiger charge is 2.46. The summed E-state index contributed by atoms with van der Waals surface area (Å²) in [6.45, 7) is 9.73. The lowest BCUT2D eigenvalue weighted by Gasteiger charge is -2.38. The zero-order valence-electron chi connectivity index (χ0n) is 20.7. The average molecular weight is 497 g/mol. The third kappa shape index (κ3) is 7.02. The van der Waals surface area contributed by atoms with Gasteiger partial charge in [-0.25, -0.2) is 14.6 Å². The second kappa shape index (κ2) is 10.9. The fourth-order valence-corrected chi connectivity index (χ4v) is 4.08. The van der Waals surface area contributed by atoms with Gasteiger partial charge in [-0.1, -0.05) is 57.2 Å². The van der Waals surface area contributed by atoms with Crippen LogP contribution in [0.2, 0.25) is 0 Å². The van der Waals surface area contributed by atoms with Crippen molar-refractivity contribution in [1.82, 2.24) is 20.0 Å². The van der Waals surface area contributed by atoms with Crippen LogP contribution >= 0.6 is 12.2 Å². The summed E-state index contributed by atoms with van der Waals surface area (Å²) in [5.41, 5.74) is 0.533. The zero-order valence-corrected chi connectivity index (χ0v) is 21.5. The van der Waals surface area contributed by atoms with E-state index in [1.54, 1.807) is 26.2 Å². The van der Waals surface area contributed by atoms with Gasteiger partial charge in [0.15, 0.2) is 10.7 Å². The molecule has 0 aliphatic heterocycles. The van der Waals surface area contributed by atoms with E-state index in [1.807, 2.05) is 73.8 Å². The Bertz CT molecular complexity index is 1190. The number of hydrogen-bond donors (Lipinski definition) is 2. The summed E-state index contributed by atoms with van der Waals surface area (Å²) in [6.07, 6.45) is 4.56. The summed E-state index contributed by atoms with van der Waals surface area (Å²) in [5, 5.41) is 5.60. The first-order chi connectivity index (χ1) is 16.5. The van der Waals surface area contributed by atoms with Crippen molar-refractivity contribution < 1.29 is 19.1 Å². The number of nitrogens with one attached hydrogen (secondary N) is 2. The number of esters is 1. The number of imidazole rings is 1. The summed E-state index contributed by atoms with van der Waals surface area (Å²) in [7, 11) is 0. The quantitative estimate of drug-likeness (QED) is 0.361. The first-order valence-corrected chi connectivity index (χ1v) is 11.8. The zero-order chi connectivity index (χ0) is 25.6. The Morgan fingerprint density at radius 3 is 2.49 bits per heavy atom. The van der Waals surface area contributed by atoms with Gasteiger partial charge >= 0.3 is 12.1 Å². The summed E-state index contributed by atoms with van der Waals surface area (Å²) in [5.74, 6) is -0.497. The molecule has 1 atom stereocenters. The van der Waals surface area contributed by atoms with Gasteiger partial charge in [0.05, 0.1) is 6.10 Å². The third-order valence-corrected chi connectivity index (χ3v) is 5.33.